The van der Waals surface area contributed by atoms with Crippen molar-refractivity contribution in [3.05, 3.63) is 0 Å². The van der Waals surface area contributed by atoms with E-state index in [9.17, 15) is 0 Å². The van der Waals surface area contributed by atoms with Gasteiger partial charge in [0.15, 0.2) is 5.96 Å². The fourth-order valence-electron chi connectivity index (χ4n) is 2.62. The maximum atomic E-state index is 5.36. The van der Waals surface area contributed by atoms with Crippen LogP contribution in [-0.4, -0.2) is 63.8 Å². The highest BCUT2D eigenvalue weighted by Crippen LogP contribution is 2.17. The Hall–Kier alpha value is -0.810. The molecule has 132 valence electrons. The zero-order valence-corrected chi connectivity index (χ0v) is 15.6. The van der Waals surface area contributed by atoms with Crippen LogP contribution in [0, 0.1) is 5.92 Å². The lowest BCUT2D eigenvalue weighted by Gasteiger charge is -2.30. The van der Waals surface area contributed by atoms with Gasteiger partial charge in [0.1, 0.15) is 0 Å². The van der Waals surface area contributed by atoms with Crippen LogP contribution in [0.15, 0.2) is 4.99 Å². The maximum Gasteiger partial charge on any atom is 0.191 e. The van der Waals surface area contributed by atoms with Crippen LogP contribution in [0.3, 0.4) is 0 Å². The van der Waals surface area contributed by atoms with Crippen LogP contribution in [0.2, 0.25) is 0 Å². The molecule has 0 aromatic heterocycles. The Morgan fingerprint density at radius 1 is 1.09 bits per heavy atom. The summed E-state index contributed by atoms with van der Waals surface area (Å²) in [7, 11) is 4.31. The molecule has 0 amide bonds. The molecule has 0 aliphatic heterocycles. The van der Waals surface area contributed by atoms with Crippen molar-refractivity contribution in [1.29, 1.82) is 0 Å². The molecule has 22 heavy (non-hydrogen) atoms. The molecule has 0 spiro atoms. The number of likely N-dealkylation sites (N-methyl/N-ethyl adjacent to an activating group) is 1. The lowest BCUT2D eigenvalue weighted by molar-refractivity contribution is 0.145. The standard InChI is InChI=1S/C17H38N4O/c1-7-15(8-2)16(21(5)6)14-20-17(18-9-3)19-12-11-13-22-10-4/h15-16H,7-14H2,1-6H3,(H2,18,19,20). The monoisotopic (exact) mass is 314 g/mol. The van der Waals surface area contributed by atoms with Gasteiger partial charge in [-0.3, -0.25) is 4.99 Å². The third kappa shape index (κ3) is 9.26. The molecule has 0 saturated carbocycles. The Morgan fingerprint density at radius 2 is 1.77 bits per heavy atom. The zero-order valence-electron chi connectivity index (χ0n) is 15.6. The average molecular weight is 315 g/mol. The number of nitrogens with zero attached hydrogens (tertiary/aromatic N) is 2. The fourth-order valence-corrected chi connectivity index (χ4v) is 2.62. The van der Waals surface area contributed by atoms with E-state index in [0.717, 1.165) is 45.2 Å². The lowest BCUT2D eigenvalue weighted by Crippen LogP contribution is -2.41. The van der Waals surface area contributed by atoms with Crippen molar-refractivity contribution < 1.29 is 4.74 Å². The van der Waals surface area contributed by atoms with Gasteiger partial charge in [-0.15, -0.1) is 0 Å². The van der Waals surface area contributed by atoms with Crippen LogP contribution >= 0.6 is 0 Å². The summed E-state index contributed by atoms with van der Waals surface area (Å²) in [5.41, 5.74) is 0. The molecule has 1 atom stereocenters. The number of rotatable bonds is 12. The summed E-state index contributed by atoms with van der Waals surface area (Å²) in [5.74, 6) is 1.61. The van der Waals surface area contributed by atoms with Crippen molar-refractivity contribution in [1.82, 2.24) is 15.5 Å². The van der Waals surface area contributed by atoms with Gasteiger partial charge in [0.25, 0.3) is 0 Å². The number of guanidine groups is 1. The molecule has 0 saturated heterocycles. The Labute approximate surface area is 137 Å². The molecule has 0 bridgehead atoms. The highest BCUT2D eigenvalue weighted by Gasteiger charge is 2.20. The Bertz CT molecular complexity index is 278. The second kappa shape index (κ2) is 13.8. The molecule has 0 radical (unpaired) electrons. The molecule has 0 aromatic rings. The van der Waals surface area contributed by atoms with Crippen LogP contribution in [0.4, 0.5) is 0 Å². The first-order valence-corrected chi connectivity index (χ1v) is 8.86. The van der Waals surface area contributed by atoms with E-state index in [0.29, 0.717) is 12.0 Å². The van der Waals surface area contributed by atoms with Crippen molar-refractivity contribution in [3.63, 3.8) is 0 Å². The molecule has 5 nitrogen and oxygen atoms in total. The van der Waals surface area contributed by atoms with Crippen LogP contribution < -0.4 is 10.6 Å². The van der Waals surface area contributed by atoms with Gasteiger partial charge in [0.05, 0.1) is 6.54 Å². The summed E-state index contributed by atoms with van der Waals surface area (Å²) in [5, 5.41) is 6.71. The van der Waals surface area contributed by atoms with Gasteiger partial charge in [-0.1, -0.05) is 26.7 Å². The molecule has 5 heteroatoms. The number of hydrogen-bond donors (Lipinski definition) is 2. The molecule has 0 aliphatic rings. The van der Waals surface area contributed by atoms with E-state index < -0.39 is 0 Å². The van der Waals surface area contributed by atoms with Crippen LogP contribution in [0.5, 0.6) is 0 Å². The third-order valence-electron chi connectivity index (χ3n) is 4.00. The summed E-state index contributed by atoms with van der Waals surface area (Å²) < 4.78 is 5.36. The number of nitrogens with one attached hydrogen (secondary N) is 2. The second-order valence-corrected chi connectivity index (χ2v) is 5.80. The normalized spacial score (nSPS) is 13.7. The van der Waals surface area contributed by atoms with Crippen molar-refractivity contribution in [2.75, 3.05) is 46.9 Å². The van der Waals surface area contributed by atoms with Gasteiger partial charge in [0.2, 0.25) is 0 Å². The quantitative estimate of drug-likeness (QED) is 0.330. The topological polar surface area (TPSA) is 48.9 Å². The van der Waals surface area contributed by atoms with Crippen molar-refractivity contribution in [2.45, 2.75) is 53.0 Å². The highest BCUT2D eigenvalue weighted by molar-refractivity contribution is 5.79. The van der Waals surface area contributed by atoms with Gasteiger partial charge in [0, 0.05) is 32.3 Å². The van der Waals surface area contributed by atoms with E-state index >= 15 is 0 Å². The molecule has 0 fully saturated rings. The summed E-state index contributed by atoms with van der Waals surface area (Å²) in [6.07, 6.45) is 3.41. The molecule has 0 aromatic carbocycles. The maximum absolute atomic E-state index is 5.36. The first-order chi connectivity index (χ1) is 10.6. The highest BCUT2D eigenvalue weighted by atomic mass is 16.5. The molecule has 0 aliphatic carbocycles. The Balaban J connectivity index is 4.47. The molecular formula is C17H38N4O. The average Bonchev–Trinajstić information content (AvgIpc) is 2.50. The van der Waals surface area contributed by atoms with E-state index in [4.69, 9.17) is 9.73 Å². The van der Waals surface area contributed by atoms with E-state index in [1.165, 1.54) is 12.8 Å². The minimum atomic E-state index is 0.494. The SMILES string of the molecule is CCNC(=NCC(C(CC)CC)N(C)C)NCCCOCC. The van der Waals surface area contributed by atoms with Gasteiger partial charge in [-0.2, -0.15) is 0 Å². The van der Waals surface area contributed by atoms with E-state index in [1.807, 2.05) is 6.92 Å². The van der Waals surface area contributed by atoms with Crippen molar-refractivity contribution in [2.24, 2.45) is 10.9 Å². The fraction of sp³-hybridized carbons (Fsp3) is 0.941. The van der Waals surface area contributed by atoms with Crippen LogP contribution in [0.1, 0.15) is 47.0 Å². The molecule has 0 rings (SSSR count). The smallest absolute Gasteiger partial charge is 0.191 e. The summed E-state index contributed by atoms with van der Waals surface area (Å²) >= 11 is 0. The zero-order chi connectivity index (χ0) is 16.8. The van der Waals surface area contributed by atoms with E-state index in [1.54, 1.807) is 0 Å². The van der Waals surface area contributed by atoms with Gasteiger partial charge >= 0.3 is 0 Å². The summed E-state index contributed by atoms with van der Waals surface area (Å²) in [6, 6.07) is 0.494. The Morgan fingerprint density at radius 3 is 2.27 bits per heavy atom. The van der Waals surface area contributed by atoms with E-state index in [-0.39, 0.29) is 0 Å². The van der Waals surface area contributed by atoms with Gasteiger partial charge in [-0.05, 0) is 40.3 Å². The predicted octanol–water partition coefficient (Wildman–Crippen LogP) is 2.33. The molecule has 1 unspecified atom stereocenters. The predicted molar refractivity (Wildman–Crippen MR) is 96.6 cm³/mol. The largest absolute Gasteiger partial charge is 0.382 e. The van der Waals surface area contributed by atoms with Crippen LogP contribution in [0.25, 0.3) is 0 Å². The lowest BCUT2D eigenvalue weighted by atomic mass is 9.93. The minimum Gasteiger partial charge on any atom is -0.382 e. The van der Waals surface area contributed by atoms with Gasteiger partial charge < -0.3 is 20.3 Å². The third-order valence-corrected chi connectivity index (χ3v) is 4.00. The summed E-state index contributed by atoms with van der Waals surface area (Å²) in [6.45, 7) is 12.9. The Kier molecular flexibility index (Phi) is 13.3. The van der Waals surface area contributed by atoms with Crippen LogP contribution in [-0.2, 0) is 4.74 Å². The minimum absolute atomic E-state index is 0.494. The second-order valence-electron chi connectivity index (χ2n) is 5.80. The number of aliphatic imine (C=N–C) groups is 1. The first-order valence-electron chi connectivity index (χ1n) is 8.86. The molecule has 2 N–H and O–H groups in total. The molecular weight excluding hydrogens is 276 g/mol. The van der Waals surface area contributed by atoms with Gasteiger partial charge in [-0.25, -0.2) is 0 Å². The first kappa shape index (κ1) is 21.2. The van der Waals surface area contributed by atoms with Crippen molar-refractivity contribution >= 4 is 5.96 Å². The summed E-state index contributed by atoms with van der Waals surface area (Å²) in [4.78, 5) is 7.09. The van der Waals surface area contributed by atoms with E-state index in [2.05, 4.69) is 50.4 Å². The number of hydrogen-bond acceptors (Lipinski definition) is 3. The molecule has 0 heterocycles. The van der Waals surface area contributed by atoms with Crippen molar-refractivity contribution in [3.8, 4) is 0 Å². The number of ether oxygens (including phenoxy) is 1.